The monoisotopic (exact) mass is 290 g/mol. The molecule has 0 fully saturated rings. The lowest BCUT2D eigenvalue weighted by Crippen LogP contribution is -2.25. The highest BCUT2D eigenvalue weighted by molar-refractivity contribution is 6.22. The molecule has 3 nitrogen and oxygen atoms in total. The minimum Gasteiger partial charge on any atom is -0.390 e. The zero-order chi connectivity index (χ0) is 16.2. The second-order valence-electron chi connectivity index (χ2n) is 6.22. The first kappa shape index (κ1) is 17.6. The maximum atomic E-state index is 12.1. The average molecular weight is 290 g/mol. The lowest BCUT2D eigenvalue weighted by Gasteiger charge is -2.23. The third-order valence-electron chi connectivity index (χ3n) is 4.25. The van der Waals surface area contributed by atoms with Crippen molar-refractivity contribution in [2.24, 2.45) is 0 Å². The van der Waals surface area contributed by atoms with Gasteiger partial charge in [0, 0.05) is 16.7 Å². The van der Waals surface area contributed by atoms with Gasteiger partial charge >= 0.3 is 0 Å². The van der Waals surface area contributed by atoms with Gasteiger partial charge in [0.15, 0.2) is 11.6 Å². The van der Waals surface area contributed by atoms with Crippen LogP contribution in [0.2, 0.25) is 0 Å². The highest BCUT2D eigenvalue weighted by atomic mass is 16.3. The molecule has 0 amide bonds. The third kappa shape index (κ3) is 4.78. The van der Waals surface area contributed by atoms with Gasteiger partial charge in [-0.2, -0.15) is 0 Å². The second kappa shape index (κ2) is 6.99. The molecule has 0 aromatic carbocycles. The molecular formula is C18H26O3. The van der Waals surface area contributed by atoms with Crippen LogP contribution in [0, 0.1) is 0 Å². The standard InChI is InChI=1S/C18H26O3/c1-6-12(2)7-9-18(5,21)10-8-15-11-16(19)13(3)14(4)17(15)20/h7,11,21H,6,8-10H2,1-5H3/b12-7+. The van der Waals surface area contributed by atoms with Crippen molar-refractivity contribution < 1.29 is 14.7 Å². The normalized spacial score (nSPS) is 19.7. The van der Waals surface area contributed by atoms with E-state index in [0.717, 1.165) is 6.42 Å². The van der Waals surface area contributed by atoms with Crippen LogP contribution in [0.5, 0.6) is 0 Å². The molecule has 3 heteroatoms. The molecule has 1 atom stereocenters. The number of allylic oxidation sites excluding steroid dienone is 5. The van der Waals surface area contributed by atoms with Gasteiger partial charge in [-0.1, -0.05) is 18.6 Å². The molecule has 0 bridgehead atoms. The molecule has 1 N–H and O–H groups in total. The van der Waals surface area contributed by atoms with E-state index in [0.29, 0.717) is 36.0 Å². The number of ketones is 2. The Morgan fingerprint density at radius 2 is 1.90 bits per heavy atom. The first-order valence-electron chi connectivity index (χ1n) is 7.53. The summed E-state index contributed by atoms with van der Waals surface area (Å²) in [7, 11) is 0. The second-order valence-corrected chi connectivity index (χ2v) is 6.22. The fraction of sp³-hybridized carbons (Fsp3) is 0.556. The van der Waals surface area contributed by atoms with E-state index >= 15 is 0 Å². The van der Waals surface area contributed by atoms with E-state index in [-0.39, 0.29) is 11.6 Å². The van der Waals surface area contributed by atoms with Gasteiger partial charge in [-0.3, -0.25) is 9.59 Å². The highest BCUT2D eigenvalue weighted by Crippen LogP contribution is 2.26. The quantitative estimate of drug-likeness (QED) is 0.599. The van der Waals surface area contributed by atoms with E-state index < -0.39 is 5.60 Å². The smallest absolute Gasteiger partial charge is 0.185 e. The van der Waals surface area contributed by atoms with E-state index in [4.69, 9.17) is 0 Å². The number of carbonyl (C=O) groups is 2. The molecule has 21 heavy (non-hydrogen) atoms. The highest BCUT2D eigenvalue weighted by Gasteiger charge is 2.26. The average Bonchev–Trinajstić information content (AvgIpc) is 2.45. The van der Waals surface area contributed by atoms with Crippen LogP contribution in [-0.4, -0.2) is 22.3 Å². The molecule has 0 aliphatic heterocycles. The molecular weight excluding hydrogens is 264 g/mol. The minimum absolute atomic E-state index is 0.0665. The Morgan fingerprint density at radius 3 is 2.48 bits per heavy atom. The summed E-state index contributed by atoms with van der Waals surface area (Å²) in [6.45, 7) is 9.26. The number of Topliss-reactive ketones (excluding diaryl/α,β-unsaturated/α-hetero) is 1. The Morgan fingerprint density at radius 1 is 1.29 bits per heavy atom. The van der Waals surface area contributed by atoms with Crippen molar-refractivity contribution in [2.75, 3.05) is 0 Å². The van der Waals surface area contributed by atoms with Crippen LogP contribution >= 0.6 is 0 Å². The van der Waals surface area contributed by atoms with Gasteiger partial charge in [-0.05, 0) is 59.5 Å². The van der Waals surface area contributed by atoms with Gasteiger partial charge in [-0.15, -0.1) is 0 Å². The van der Waals surface area contributed by atoms with E-state index in [2.05, 4.69) is 6.92 Å². The summed E-state index contributed by atoms with van der Waals surface area (Å²) >= 11 is 0. The Balaban J connectivity index is 2.69. The molecule has 0 aromatic heterocycles. The van der Waals surface area contributed by atoms with Gasteiger partial charge in [0.2, 0.25) is 0 Å². The number of hydrogen-bond acceptors (Lipinski definition) is 3. The Bertz CT molecular complexity index is 531. The van der Waals surface area contributed by atoms with Crippen LogP contribution in [0.15, 0.2) is 34.4 Å². The SMILES string of the molecule is CC/C(C)=C/CC(C)(O)CCC1=CC(=O)C(C)=C(C)C1=O. The lowest BCUT2D eigenvalue weighted by molar-refractivity contribution is -0.116. The maximum Gasteiger partial charge on any atom is 0.185 e. The molecule has 1 aliphatic rings. The number of carbonyl (C=O) groups excluding carboxylic acids is 2. The number of rotatable bonds is 6. The minimum atomic E-state index is -0.856. The van der Waals surface area contributed by atoms with E-state index in [1.54, 1.807) is 20.8 Å². The van der Waals surface area contributed by atoms with Gasteiger partial charge < -0.3 is 5.11 Å². The third-order valence-corrected chi connectivity index (χ3v) is 4.25. The molecule has 0 heterocycles. The van der Waals surface area contributed by atoms with Crippen molar-refractivity contribution in [1.29, 1.82) is 0 Å². The summed E-state index contributed by atoms with van der Waals surface area (Å²) < 4.78 is 0. The van der Waals surface area contributed by atoms with E-state index in [1.165, 1.54) is 11.6 Å². The van der Waals surface area contributed by atoms with Gasteiger partial charge in [0.1, 0.15) is 0 Å². The van der Waals surface area contributed by atoms with Crippen molar-refractivity contribution in [3.8, 4) is 0 Å². The molecule has 116 valence electrons. The number of aliphatic hydroxyl groups is 1. The lowest BCUT2D eigenvalue weighted by atomic mass is 9.85. The molecule has 1 rings (SSSR count). The summed E-state index contributed by atoms with van der Waals surface area (Å²) in [5.41, 5.74) is 1.95. The van der Waals surface area contributed by atoms with Crippen molar-refractivity contribution in [3.05, 3.63) is 34.4 Å². The summed E-state index contributed by atoms with van der Waals surface area (Å²) in [5, 5.41) is 10.4. The maximum absolute atomic E-state index is 12.1. The van der Waals surface area contributed by atoms with E-state index in [1.807, 2.05) is 13.0 Å². The van der Waals surface area contributed by atoms with Crippen LogP contribution in [0.1, 0.15) is 60.3 Å². The van der Waals surface area contributed by atoms with E-state index in [9.17, 15) is 14.7 Å². The first-order valence-corrected chi connectivity index (χ1v) is 7.53. The first-order chi connectivity index (χ1) is 9.68. The van der Waals surface area contributed by atoms with Gasteiger partial charge in [-0.25, -0.2) is 0 Å². The summed E-state index contributed by atoms with van der Waals surface area (Å²) in [5.74, 6) is -0.161. The molecule has 1 aliphatic carbocycles. The van der Waals surface area contributed by atoms with Gasteiger partial charge in [0.25, 0.3) is 0 Å². The molecule has 0 spiro atoms. The summed E-state index contributed by atoms with van der Waals surface area (Å²) in [4.78, 5) is 23.9. The van der Waals surface area contributed by atoms with Gasteiger partial charge in [0.05, 0.1) is 5.60 Å². The van der Waals surface area contributed by atoms with Crippen LogP contribution in [-0.2, 0) is 9.59 Å². The molecule has 1 unspecified atom stereocenters. The van der Waals surface area contributed by atoms with Crippen molar-refractivity contribution in [3.63, 3.8) is 0 Å². The van der Waals surface area contributed by atoms with Crippen LogP contribution < -0.4 is 0 Å². The molecule has 0 radical (unpaired) electrons. The topological polar surface area (TPSA) is 54.4 Å². The van der Waals surface area contributed by atoms with Crippen molar-refractivity contribution >= 4 is 11.6 Å². The Hall–Kier alpha value is -1.48. The van der Waals surface area contributed by atoms with Crippen molar-refractivity contribution in [2.45, 2.75) is 65.9 Å². The van der Waals surface area contributed by atoms with Crippen LogP contribution in [0.25, 0.3) is 0 Å². The van der Waals surface area contributed by atoms with Crippen LogP contribution in [0.4, 0.5) is 0 Å². The Labute approximate surface area is 127 Å². The fourth-order valence-corrected chi connectivity index (χ4v) is 2.16. The predicted octanol–water partition coefficient (Wildman–Crippen LogP) is 3.68. The molecule has 0 saturated heterocycles. The van der Waals surface area contributed by atoms with Crippen molar-refractivity contribution in [1.82, 2.24) is 0 Å². The molecule has 0 saturated carbocycles. The zero-order valence-corrected chi connectivity index (χ0v) is 13.7. The molecule has 0 aromatic rings. The summed E-state index contributed by atoms with van der Waals surface area (Å²) in [6, 6.07) is 0. The Kier molecular flexibility index (Phi) is 5.85. The predicted molar refractivity (Wildman–Crippen MR) is 85.0 cm³/mol. The summed E-state index contributed by atoms with van der Waals surface area (Å²) in [6.07, 6.45) is 5.90. The fourth-order valence-electron chi connectivity index (χ4n) is 2.16. The number of hydrogen-bond donors (Lipinski definition) is 1. The largest absolute Gasteiger partial charge is 0.390 e. The van der Waals surface area contributed by atoms with Crippen LogP contribution in [0.3, 0.4) is 0 Å². The zero-order valence-electron chi connectivity index (χ0n) is 13.7.